The molecule has 3 aromatic rings. The van der Waals surface area contributed by atoms with E-state index in [1.807, 2.05) is 6.07 Å². The first kappa shape index (κ1) is 29.1. The topological polar surface area (TPSA) is 12.4 Å². The lowest BCUT2D eigenvalue weighted by Gasteiger charge is -2.31. The van der Waals surface area contributed by atoms with Crippen LogP contribution in [0.2, 0.25) is 0 Å². The van der Waals surface area contributed by atoms with E-state index in [1.165, 1.54) is 22.3 Å². The summed E-state index contributed by atoms with van der Waals surface area (Å²) in [5.74, 6) is 0. The van der Waals surface area contributed by atoms with Crippen molar-refractivity contribution in [3.63, 3.8) is 0 Å². The van der Waals surface area contributed by atoms with Crippen LogP contribution < -0.4 is 0 Å². The van der Waals surface area contributed by atoms with Gasteiger partial charge in [-0.15, -0.1) is 0 Å². The minimum absolute atomic E-state index is 0.0481. The van der Waals surface area contributed by atoms with Gasteiger partial charge in [-0.2, -0.15) is 0 Å². The number of hydrogen-bond acceptors (Lipinski definition) is 1. The van der Waals surface area contributed by atoms with Crippen LogP contribution in [0.25, 0.3) is 16.8 Å². The normalized spacial score (nSPS) is 12.9. The monoisotopic (exact) mass is 503 g/mol. The summed E-state index contributed by atoms with van der Waals surface area (Å²) in [5.41, 5.74) is 11.5. The molecule has 38 heavy (non-hydrogen) atoms. The van der Waals surface area contributed by atoms with E-state index in [0.29, 0.717) is 0 Å². The first-order valence-electron chi connectivity index (χ1n) is 13.7. The summed E-state index contributed by atoms with van der Waals surface area (Å²) in [4.78, 5) is 4.99. The molecule has 0 radical (unpaired) electrons. The number of nitrogens with zero attached hydrogens (tertiary/aromatic N) is 1. The van der Waals surface area contributed by atoms with Crippen molar-refractivity contribution in [2.45, 2.75) is 79.1 Å². The lowest BCUT2D eigenvalue weighted by molar-refractivity contribution is 0.488. The Bertz CT molecular complexity index is 1340. The highest BCUT2D eigenvalue weighted by atomic mass is 14.8. The minimum atomic E-state index is -0.0676. The summed E-state index contributed by atoms with van der Waals surface area (Å²) in [6.45, 7) is 26.8. The highest BCUT2D eigenvalue weighted by Crippen LogP contribution is 2.40. The second-order valence-electron chi connectivity index (χ2n) is 12.1. The minimum Gasteiger partial charge on any atom is -0.258 e. The van der Waals surface area contributed by atoms with Crippen molar-refractivity contribution in [2.24, 2.45) is 4.99 Å². The van der Waals surface area contributed by atoms with Crippen molar-refractivity contribution < 1.29 is 0 Å². The maximum absolute atomic E-state index is 4.99. The summed E-state index contributed by atoms with van der Waals surface area (Å²) in [6, 6.07) is 25.9. The molecule has 0 aliphatic carbocycles. The third-order valence-electron chi connectivity index (χ3n) is 7.47. The molecule has 0 N–H and O–H groups in total. The number of rotatable bonds is 9. The fraction of sp³-hybridized carbons (Fsp3) is 0.324. The number of benzene rings is 3. The van der Waals surface area contributed by atoms with Gasteiger partial charge in [0.1, 0.15) is 0 Å². The predicted octanol–water partition coefficient (Wildman–Crippen LogP) is 10.6. The molecule has 0 aliphatic rings. The maximum atomic E-state index is 4.99. The Kier molecular flexibility index (Phi) is 9.15. The fourth-order valence-corrected chi connectivity index (χ4v) is 4.74. The lowest BCUT2D eigenvalue weighted by atomic mass is 9.73. The Morgan fingerprint density at radius 1 is 0.816 bits per heavy atom. The summed E-state index contributed by atoms with van der Waals surface area (Å²) < 4.78 is 0. The maximum Gasteiger partial charge on any atom is 0.0658 e. The van der Waals surface area contributed by atoms with Crippen molar-refractivity contribution >= 4 is 22.6 Å². The van der Waals surface area contributed by atoms with Crippen molar-refractivity contribution in [1.82, 2.24) is 0 Å². The van der Waals surface area contributed by atoms with Crippen LogP contribution in [-0.4, -0.2) is 5.71 Å². The van der Waals surface area contributed by atoms with E-state index in [9.17, 15) is 0 Å². The molecule has 0 unspecified atom stereocenters. The van der Waals surface area contributed by atoms with Crippen LogP contribution in [0.3, 0.4) is 0 Å². The molecule has 0 heterocycles. The molecule has 1 nitrogen and oxygen atoms in total. The molecule has 0 saturated carbocycles. The lowest BCUT2D eigenvalue weighted by Crippen LogP contribution is -2.22. The van der Waals surface area contributed by atoms with Crippen molar-refractivity contribution in [2.75, 3.05) is 0 Å². The molecule has 0 bridgehead atoms. The Balaban J connectivity index is 1.93. The van der Waals surface area contributed by atoms with Crippen LogP contribution in [0.15, 0.2) is 97.0 Å². The average Bonchev–Trinajstić information content (AvgIpc) is 2.90. The van der Waals surface area contributed by atoms with Crippen LogP contribution in [0.1, 0.15) is 94.7 Å². The molecule has 0 aliphatic heterocycles. The molecule has 0 amide bonds. The van der Waals surface area contributed by atoms with Gasteiger partial charge in [0.05, 0.1) is 5.70 Å². The van der Waals surface area contributed by atoms with Crippen LogP contribution in [0.5, 0.6) is 0 Å². The van der Waals surface area contributed by atoms with Gasteiger partial charge in [-0.3, -0.25) is 4.99 Å². The van der Waals surface area contributed by atoms with E-state index in [4.69, 9.17) is 4.99 Å². The SMILES string of the molecule is C=C(C(=C)c1cc(C(C)(C)C)ccc1C(C)(C)CC/C(C)=N/C(=C\C)c1ccccc1)c1ccc(C)cc1. The smallest absolute Gasteiger partial charge is 0.0658 e. The van der Waals surface area contributed by atoms with Gasteiger partial charge in [-0.05, 0) is 83.4 Å². The summed E-state index contributed by atoms with van der Waals surface area (Å²) in [7, 11) is 0. The van der Waals surface area contributed by atoms with E-state index in [-0.39, 0.29) is 10.8 Å². The van der Waals surface area contributed by atoms with Gasteiger partial charge < -0.3 is 0 Å². The van der Waals surface area contributed by atoms with Crippen LogP contribution in [0.4, 0.5) is 0 Å². The molecule has 0 aromatic heterocycles. The Morgan fingerprint density at radius 3 is 2.03 bits per heavy atom. The third-order valence-corrected chi connectivity index (χ3v) is 7.47. The van der Waals surface area contributed by atoms with Crippen LogP contribution in [0, 0.1) is 6.92 Å². The zero-order valence-electron chi connectivity index (χ0n) is 24.8. The molecule has 0 saturated heterocycles. The summed E-state index contributed by atoms with van der Waals surface area (Å²) >= 11 is 0. The van der Waals surface area contributed by atoms with Gasteiger partial charge >= 0.3 is 0 Å². The Hall–Kier alpha value is -3.45. The molecular weight excluding hydrogens is 458 g/mol. The van der Waals surface area contributed by atoms with Crippen molar-refractivity contribution in [3.05, 3.63) is 125 Å². The highest BCUT2D eigenvalue weighted by Gasteiger charge is 2.27. The molecule has 0 atom stereocenters. The zero-order chi connectivity index (χ0) is 28.1. The third kappa shape index (κ3) is 7.10. The quantitative estimate of drug-likeness (QED) is 0.203. The van der Waals surface area contributed by atoms with E-state index < -0.39 is 0 Å². The number of hydrogen-bond donors (Lipinski definition) is 0. The fourth-order valence-electron chi connectivity index (χ4n) is 4.74. The van der Waals surface area contributed by atoms with Gasteiger partial charge in [0.25, 0.3) is 0 Å². The van der Waals surface area contributed by atoms with Gasteiger partial charge in [-0.25, -0.2) is 0 Å². The van der Waals surface area contributed by atoms with E-state index in [1.54, 1.807) is 0 Å². The first-order valence-corrected chi connectivity index (χ1v) is 13.7. The standard InChI is InChI=1S/C37H45N/c1-11-35(31-15-13-12-14-16-31)38-27(3)23-24-37(9,10)34-22-21-32(36(6,7)8)25-33(34)29(5)28(4)30-19-17-26(2)18-20-30/h11-22,25H,4-5,23-24H2,1-3,6-10H3/b35-11-,38-27+. The second kappa shape index (κ2) is 11.9. The molecular formula is C37H45N. The second-order valence-corrected chi connectivity index (χ2v) is 12.1. The van der Waals surface area contributed by atoms with Crippen molar-refractivity contribution in [3.8, 4) is 0 Å². The Labute approximate surface area is 231 Å². The molecule has 0 spiro atoms. The average molecular weight is 504 g/mol. The summed E-state index contributed by atoms with van der Waals surface area (Å²) in [6.07, 6.45) is 4.00. The van der Waals surface area contributed by atoms with Gasteiger partial charge in [0, 0.05) is 5.71 Å². The molecule has 198 valence electrons. The molecule has 1 heteroatoms. The van der Waals surface area contributed by atoms with Crippen molar-refractivity contribution in [1.29, 1.82) is 0 Å². The van der Waals surface area contributed by atoms with Gasteiger partial charge in [0.2, 0.25) is 0 Å². The molecule has 3 rings (SSSR count). The van der Waals surface area contributed by atoms with E-state index in [0.717, 1.165) is 46.5 Å². The summed E-state index contributed by atoms with van der Waals surface area (Å²) in [5, 5.41) is 0. The van der Waals surface area contributed by atoms with Crippen LogP contribution >= 0.6 is 0 Å². The van der Waals surface area contributed by atoms with E-state index in [2.05, 4.69) is 141 Å². The predicted molar refractivity (Wildman–Crippen MR) is 170 cm³/mol. The largest absolute Gasteiger partial charge is 0.258 e. The van der Waals surface area contributed by atoms with Crippen LogP contribution in [-0.2, 0) is 10.8 Å². The van der Waals surface area contributed by atoms with E-state index >= 15 is 0 Å². The Morgan fingerprint density at radius 2 is 1.45 bits per heavy atom. The first-order chi connectivity index (χ1) is 17.8. The molecule has 0 fully saturated rings. The highest BCUT2D eigenvalue weighted by molar-refractivity contribution is 6.04. The number of aryl methyl sites for hydroxylation is 1. The zero-order valence-corrected chi connectivity index (χ0v) is 24.8. The number of aliphatic imine (C=N–C) groups is 1. The molecule has 3 aromatic carbocycles. The number of allylic oxidation sites excluding steroid dienone is 3. The van der Waals surface area contributed by atoms with Gasteiger partial charge in [0.15, 0.2) is 0 Å². The van der Waals surface area contributed by atoms with Gasteiger partial charge in [-0.1, -0.05) is 132 Å².